The molecule has 0 amide bonds. The van der Waals surface area contributed by atoms with E-state index in [1.165, 1.54) is 0 Å². The van der Waals surface area contributed by atoms with Crippen LogP contribution in [-0.2, 0) is 20.1 Å². The molecule has 0 unspecified atom stereocenters. The molecular weight excluding hydrogens is 388 g/mol. The van der Waals surface area contributed by atoms with Crippen molar-refractivity contribution in [1.29, 1.82) is 5.26 Å². The number of nitrogens with zero attached hydrogens (tertiary/aromatic N) is 3. The highest BCUT2D eigenvalue weighted by Gasteiger charge is 2.17. The Balaban J connectivity index is 1.54. The first kappa shape index (κ1) is 20.2. The average molecular weight is 410 g/mol. The van der Waals surface area contributed by atoms with Crippen molar-refractivity contribution in [3.63, 3.8) is 0 Å². The number of benzene rings is 2. The molecule has 0 fully saturated rings. The van der Waals surface area contributed by atoms with Crippen LogP contribution in [0.4, 0.5) is 0 Å². The summed E-state index contributed by atoms with van der Waals surface area (Å²) in [6, 6.07) is 15.2. The average Bonchev–Trinajstić information content (AvgIpc) is 3.42. The summed E-state index contributed by atoms with van der Waals surface area (Å²) in [6.45, 7) is 2.43. The van der Waals surface area contributed by atoms with E-state index in [2.05, 4.69) is 23.0 Å². The number of fused-ring (bicyclic) bond motifs is 1. The van der Waals surface area contributed by atoms with Crippen LogP contribution in [0, 0.1) is 11.3 Å². The Hall–Kier alpha value is -4.11. The third kappa shape index (κ3) is 4.12. The first-order valence-corrected chi connectivity index (χ1v) is 10.0. The number of H-pyrrole nitrogens is 1. The zero-order valence-corrected chi connectivity index (χ0v) is 17.4. The van der Waals surface area contributed by atoms with Gasteiger partial charge in [-0.25, -0.2) is 4.98 Å². The largest absolute Gasteiger partial charge is 0.486 e. The van der Waals surface area contributed by atoms with Crippen molar-refractivity contribution < 1.29 is 9.53 Å². The predicted octanol–water partition coefficient (Wildman–Crippen LogP) is 4.83. The van der Waals surface area contributed by atoms with Gasteiger partial charge < -0.3 is 14.3 Å². The molecule has 0 aliphatic rings. The SMILES string of the molecule is CCc1cccc2c(C(=O)/C(C#N)=C\c3ccc(OCc4nccn4C)cc3)c[nH]c12. The van der Waals surface area contributed by atoms with Crippen LogP contribution in [0.1, 0.15) is 34.2 Å². The van der Waals surface area contributed by atoms with Gasteiger partial charge in [-0.1, -0.05) is 37.3 Å². The van der Waals surface area contributed by atoms with E-state index in [1.54, 1.807) is 18.5 Å². The van der Waals surface area contributed by atoms with E-state index in [-0.39, 0.29) is 11.4 Å². The molecule has 31 heavy (non-hydrogen) atoms. The Morgan fingerprint density at radius 2 is 2.06 bits per heavy atom. The number of imidazole rings is 1. The molecule has 2 aromatic carbocycles. The second kappa shape index (κ2) is 8.72. The number of Topliss-reactive ketones (excluding diaryl/α,β-unsaturated/α-hetero) is 1. The van der Waals surface area contributed by atoms with Crippen LogP contribution < -0.4 is 4.74 Å². The van der Waals surface area contributed by atoms with E-state index in [0.29, 0.717) is 17.9 Å². The summed E-state index contributed by atoms with van der Waals surface area (Å²) in [6.07, 6.45) is 7.74. The summed E-state index contributed by atoms with van der Waals surface area (Å²) in [5, 5.41) is 10.5. The zero-order chi connectivity index (χ0) is 21.8. The molecule has 0 saturated heterocycles. The fourth-order valence-electron chi connectivity index (χ4n) is 3.50. The van der Waals surface area contributed by atoms with Crippen LogP contribution in [0.5, 0.6) is 5.75 Å². The first-order chi connectivity index (χ1) is 15.1. The minimum Gasteiger partial charge on any atom is -0.486 e. The highest BCUT2D eigenvalue weighted by Crippen LogP contribution is 2.25. The summed E-state index contributed by atoms with van der Waals surface area (Å²) >= 11 is 0. The van der Waals surface area contributed by atoms with Gasteiger partial charge in [-0.2, -0.15) is 5.26 Å². The number of carbonyl (C=O) groups is 1. The van der Waals surface area contributed by atoms with Gasteiger partial charge in [0.25, 0.3) is 0 Å². The molecular formula is C25H22N4O2. The van der Waals surface area contributed by atoms with E-state index < -0.39 is 0 Å². The topological polar surface area (TPSA) is 83.7 Å². The molecule has 0 aliphatic heterocycles. The van der Waals surface area contributed by atoms with Gasteiger partial charge >= 0.3 is 0 Å². The number of hydrogen-bond acceptors (Lipinski definition) is 4. The number of ether oxygens (including phenoxy) is 1. The van der Waals surface area contributed by atoms with Crippen molar-refractivity contribution in [2.45, 2.75) is 20.0 Å². The molecule has 4 rings (SSSR count). The highest BCUT2D eigenvalue weighted by atomic mass is 16.5. The molecule has 4 aromatic rings. The molecule has 0 radical (unpaired) electrons. The van der Waals surface area contributed by atoms with Gasteiger partial charge in [0.2, 0.25) is 5.78 Å². The van der Waals surface area contributed by atoms with Crippen molar-refractivity contribution in [2.24, 2.45) is 7.05 Å². The van der Waals surface area contributed by atoms with Gasteiger partial charge in [0.1, 0.15) is 29.8 Å². The van der Waals surface area contributed by atoms with Gasteiger partial charge in [0, 0.05) is 42.1 Å². The van der Waals surface area contributed by atoms with Crippen molar-refractivity contribution >= 4 is 22.8 Å². The lowest BCUT2D eigenvalue weighted by atomic mass is 10.00. The lowest BCUT2D eigenvalue weighted by Gasteiger charge is -2.06. The van der Waals surface area contributed by atoms with E-state index in [9.17, 15) is 10.1 Å². The number of nitrogens with one attached hydrogen (secondary N) is 1. The summed E-state index contributed by atoms with van der Waals surface area (Å²) in [7, 11) is 1.91. The van der Waals surface area contributed by atoms with E-state index in [4.69, 9.17) is 4.74 Å². The van der Waals surface area contributed by atoms with Gasteiger partial charge in [-0.05, 0) is 35.8 Å². The lowest BCUT2D eigenvalue weighted by Crippen LogP contribution is -2.03. The molecule has 154 valence electrons. The minimum absolute atomic E-state index is 0.0875. The molecule has 2 heterocycles. The third-order valence-electron chi connectivity index (χ3n) is 5.27. The van der Waals surface area contributed by atoms with Crippen LogP contribution in [0.15, 0.2) is 66.6 Å². The number of aromatic amines is 1. The molecule has 0 atom stereocenters. The smallest absolute Gasteiger partial charge is 0.205 e. The van der Waals surface area contributed by atoms with E-state index in [1.807, 2.05) is 60.3 Å². The number of rotatable bonds is 7. The maximum absolute atomic E-state index is 13.0. The van der Waals surface area contributed by atoms with Crippen LogP contribution in [0.3, 0.4) is 0 Å². The number of para-hydroxylation sites is 1. The molecule has 0 spiro atoms. The van der Waals surface area contributed by atoms with E-state index in [0.717, 1.165) is 34.3 Å². The number of aromatic nitrogens is 3. The van der Waals surface area contributed by atoms with Gasteiger partial charge in [0.05, 0.1) is 0 Å². The highest BCUT2D eigenvalue weighted by molar-refractivity contribution is 6.20. The second-order valence-electron chi connectivity index (χ2n) is 7.21. The summed E-state index contributed by atoms with van der Waals surface area (Å²) in [5.74, 6) is 1.22. The van der Waals surface area contributed by atoms with Crippen LogP contribution in [0.25, 0.3) is 17.0 Å². The van der Waals surface area contributed by atoms with Crippen molar-refractivity contribution in [2.75, 3.05) is 0 Å². The third-order valence-corrected chi connectivity index (χ3v) is 5.27. The van der Waals surface area contributed by atoms with Crippen LogP contribution in [-0.4, -0.2) is 20.3 Å². The van der Waals surface area contributed by atoms with Gasteiger partial charge in [-0.3, -0.25) is 4.79 Å². The van der Waals surface area contributed by atoms with Crippen molar-refractivity contribution in [1.82, 2.24) is 14.5 Å². The standard InChI is InChI=1S/C25H22N4O2/c1-3-18-5-4-6-21-22(15-28-24(18)21)25(30)19(14-26)13-17-7-9-20(10-8-17)31-16-23-27-11-12-29(23)2/h4-13,15,28H,3,16H2,1-2H3/b19-13-. The normalized spacial score (nSPS) is 11.5. The first-order valence-electron chi connectivity index (χ1n) is 10.0. The molecule has 0 aliphatic carbocycles. The number of carbonyl (C=O) groups excluding carboxylic acids is 1. The Labute approximate surface area is 180 Å². The maximum atomic E-state index is 13.0. The molecule has 2 aromatic heterocycles. The Kier molecular flexibility index (Phi) is 5.67. The molecule has 0 saturated carbocycles. The Morgan fingerprint density at radius 1 is 1.26 bits per heavy atom. The molecule has 6 nitrogen and oxygen atoms in total. The second-order valence-corrected chi connectivity index (χ2v) is 7.21. The van der Waals surface area contributed by atoms with Crippen molar-refractivity contribution in [3.8, 4) is 11.8 Å². The number of allylic oxidation sites excluding steroid dienone is 1. The molecule has 0 bridgehead atoms. The molecule has 6 heteroatoms. The van der Waals surface area contributed by atoms with Gasteiger partial charge in [0.15, 0.2) is 0 Å². The lowest BCUT2D eigenvalue weighted by molar-refractivity contribution is 0.104. The minimum atomic E-state index is -0.294. The Bertz CT molecular complexity index is 1300. The molecule has 1 N–H and O–H groups in total. The fourth-order valence-corrected chi connectivity index (χ4v) is 3.50. The summed E-state index contributed by atoms with van der Waals surface area (Å²) in [5.41, 5.74) is 3.43. The zero-order valence-electron chi connectivity index (χ0n) is 17.4. The number of ketones is 1. The summed E-state index contributed by atoms with van der Waals surface area (Å²) < 4.78 is 7.65. The number of aryl methyl sites for hydroxylation is 2. The Morgan fingerprint density at radius 3 is 2.74 bits per heavy atom. The predicted molar refractivity (Wildman–Crippen MR) is 120 cm³/mol. The summed E-state index contributed by atoms with van der Waals surface area (Å²) in [4.78, 5) is 20.5. The van der Waals surface area contributed by atoms with Crippen LogP contribution >= 0.6 is 0 Å². The number of hydrogen-bond donors (Lipinski definition) is 1. The van der Waals surface area contributed by atoms with Gasteiger partial charge in [-0.15, -0.1) is 0 Å². The fraction of sp³-hybridized carbons (Fsp3) is 0.160. The maximum Gasteiger partial charge on any atom is 0.205 e. The monoisotopic (exact) mass is 410 g/mol. The van der Waals surface area contributed by atoms with Crippen molar-refractivity contribution in [3.05, 3.63) is 89.1 Å². The van der Waals surface area contributed by atoms with E-state index >= 15 is 0 Å². The number of nitriles is 1. The van der Waals surface area contributed by atoms with Crippen LogP contribution in [0.2, 0.25) is 0 Å². The quantitative estimate of drug-likeness (QED) is 0.269.